The van der Waals surface area contributed by atoms with Crippen LogP contribution in [0.15, 0.2) is 58.9 Å². The minimum atomic E-state index is -0.0441. The molecule has 0 aliphatic carbocycles. The van der Waals surface area contributed by atoms with Gasteiger partial charge in [0, 0.05) is 11.1 Å². The third kappa shape index (κ3) is 3.50. The zero-order chi connectivity index (χ0) is 17.2. The molecule has 2 aromatic heterocycles. The topological polar surface area (TPSA) is 54.9 Å². The molecule has 4 aromatic rings. The van der Waals surface area contributed by atoms with Crippen LogP contribution in [-0.4, -0.2) is 21.6 Å². The van der Waals surface area contributed by atoms with Crippen molar-refractivity contribution in [1.29, 1.82) is 0 Å². The molecule has 0 spiro atoms. The standard InChI is InChI=1S/C19H15N3OS2/c1-12-9-10-13-14(20-12)6-4-7-15(13)21-18(23)11-24-19-22-16-5-2-3-8-17(16)25-19/h2-10H,11H2,1H3,(H,21,23). The number of nitrogens with zero attached hydrogens (tertiary/aromatic N) is 2. The molecule has 0 atom stereocenters. The van der Waals surface area contributed by atoms with E-state index in [-0.39, 0.29) is 5.91 Å². The molecule has 25 heavy (non-hydrogen) atoms. The van der Waals surface area contributed by atoms with Crippen LogP contribution in [0.25, 0.3) is 21.1 Å². The number of para-hydroxylation sites is 1. The number of carbonyl (C=O) groups is 1. The molecule has 6 heteroatoms. The highest BCUT2D eigenvalue weighted by Crippen LogP contribution is 2.29. The SMILES string of the molecule is Cc1ccc2c(NC(=O)CSc3nc4ccccc4s3)cccc2n1. The van der Waals surface area contributed by atoms with Gasteiger partial charge in [-0.05, 0) is 43.3 Å². The number of aromatic nitrogens is 2. The first-order valence-electron chi connectivity index (χ1n) is 7.84. The number of amides is 1. The van der Waals surface area contributed by atoms with E-state index in [4.69, 9.17) is 0 Å². The van der Waals surface area contributed by atoms with Crippen molar-refractivity contribution in [2.24, 2.45) is 0 Å². The molecule has 2 heterocycles. The average molecular weight is 365 g/mol. The van der Waals surface area contributed by atoms with Crippen LogP contribution in [-0.2, 0) is 4.79 Å². The molecule has 0 saturated carbocycles. The van der Waals surface area contributed by atoms with Gasteiger partial charge in [0.1, 0.15) is 0 Å². The van der Waals surface area contributed by atoms with Crippen LogP contribution in [0.3, 0.4) is 0 Å². The predicted molar refractivity (Wildman–Crippen MR) is 105 cm³/mol. The minimum Gasteiger partial charge on any atom is -0.325 e. The monoisotopic (exact) mass is 365 g/mol. The van der Waals surface area contributed by atoms with E-state index in [1.54, 1.807) is 11.3 Å². The summed E-state index contributed by atoms with van der Waals surface area (Å²) in [5, 5.41) is 3.94. The number of aryl methyl sites for hydroxylation is 1. The number of anilines is 1. The second kappa shape index (κ2) is 6.82. The van der Waals surface area contributed by atoms with Crippen LogP contribution >= 0.6 is 23.1 Å². The highest BCUT2D eigenvalue weighted by Gasteiger charge is 2.10. The van der Waals surface area contributed by atoms with Crippen LogP contribution < -0.4 is 5.32 Å². The number of nitrogens with one attached hydrogen (secondary N) is 1. The number of fused-ring (bicyclic) bond motifs is 2. The second-order valence-electron chi connectivity index (χ2n) is 5.61. The molecule has 1 N–H and O–H groups in total. The lowest BCUT2D eigenvalue weighted by molar-refractivity contribution is -0.113. The number of rotatable bonds is 4. The number of carbonyl (C=O) groups excluding carboxylic acids is 1. The maximum Gasteiger partial charge on any atom is 0.234 e. The van der Waals surface area contributed by atoms with Crippen molar-refractivity contribution in [2.75, 3.05) is 11.1 Å². The maximum absolute atomic E-state index is 12.3. The summed E-state index contributed by atoms with van der Waals surface area (Å²) in [7, 11) is 0. The normalized spacial score (nSPS) is 11.1. The van der Waals surface area contributed by atoms with Gasteiger partial charge >= 0.3 is 0 Å². The number of hydrogen-bond acceptors (Lipinski definition) is 5. The minimum absolute atomic E-state index is 0.0441. The van der Waals surface area contributed by atoms with Gasteiger partial charge in [0.15, 0.2) is 4.34 Å². The lowest BCUT2D eigenvalue weighted by Gasteiger charge is -2.08. The Balaban J connectivity index is 1.47. The summed E-state index contributed by atoms with van der Waals surface area (Å²) >= 11 is 3.07. The van der Waals surface area contributed by atoms with Crippen molar-refractivity contribution in [1.82, 2.24) is 9.97 Å². The quantitative estimate of drug-likeness (QED) is 0.524. The van der Waals surface area contributed by atoms with Crippen LogP contribution in [0.2, 0.25) is 0 Å². The molecule has 124 valence electrons. The molecular formula is C19H15N3OS2. The Hall–Kier alpha value is -2.44. The third-order valence-corrected chi connectivity index (χ3v) is 5.93. The lowest BCUT2D eigenvalue weighted by atomic mass is 10.1. The summed E-state index contributed by atoms with van der Waals surface area (Å²) in [5.74, 6) is 0.285. The fraction of sp³-hybridized carbons (Fsp3) is 0.105. The number of thiazole rings is 1. The van der Waals surface area contributed by atoms with Gasteiger partial charge in [-0.25, -0.2) is 4.98 Å². The van der Waals surface area contributed by atoms with E-state index >= 15 is 0 Å². The van der Waals surface area contributed by atoms with Crippen LogP contribution in [0.5, 0.6) is 0 Å². The molecular weight excluding hydrogens is 350 g/mol. The van der Waals surface area contributed by atoms with Crippen molar-refractivity contribution in [3.63, 3.8) is 0 Å². The van der Waals surface area contributed by atoms with Crippen LogP contribution in [0.1, 0.15) is 5.69 Å². The Morgan fingerprint density at radius 2 is 1.88 bits per heavy atom. The first-order valence-corrected chi connectivity index (χ1v) is 9.64. The number of hydrogen-bond donors (Lipinski definition) is 1. The smallest absolute Gasteiger partial charge is 0.234 e. The van der Waals surface area contributed by atoms with E-state index in [1.807, 2.05) is 61.5 Å². The fourth-order valence-corrected chi connectivity index (χ4v) is 4.46. The Kier molecular flexibility index (Phi) is 4.38. The van der Waals surface area contributed by atoms with Crippen molar-refractivity contribution < 1.29 is 4.79 Å². The number of thioether (sulfide) groups is 1. The van der Waals surface area contributed by atoms with Gasteiger partial charge in [-0.1, -0.05) is 30.0 Å². The molecule has 4 nitrogen and oxygen atoms in total. The fourth-order valence-electron chi connectivity index (χ4n) is 2.59. The molecule has 4 rings (SSSR count). The zero-order valence-electron chi connectivity index (χ0n) is 13.5. The van der Waals surface area contributed by atoms with Gasteiger partial charge in [-0.2, -0.15) is 0 Å². The molecule has 0 aliphatic rings. The molecule has 0 saturated heterocycles. The lowest BCUT2D eigenvalue weighted by Crippen LogP contribution is -2.14. The largest absolute Gasteiger partial charge is 0.325 e. The van der Waals surface area contributed by atoms with Crippen molar-refractivity contribution in [3.05, 3.63) is 60.3 Å². The summed E-state index contributed by atoms with van der Waals surface area (Å²) in [4.78, 5) is 21.4. The van der Waals surface area contributed by atoms with E-state index in [2.05, 4.69) is 15.3 Å². The molecule has 2 aromatic carbocycles. The molecule has 0 unspecified atom stereocenters. The summed E-state index contributed by atoms with van der Waals surface area (Å²) in [5.41, 5.74) is 3.62. The number of benzene rings is 2. The highest BCUT2D eigenvalue weighted by atomic mass is 32.2. The van der Waals surface area contributed by atoms with Gasteiger partial charge in [-0.3, -0.25) is 9.78 Å². The first-order chi connectivity index (χ1) is 12.2. The van der Waals surface area contributed by atoms with Crippen molar-refractivity contribution in [3.8, 4) is 0 Å². The second-order valence-corrected chi connectivity index (χ2v) is 7.86. The molecule has 0 aliphatic heterocycles. The Morgan fingerprint density at radius 3 is 2.76 bits per heavy atom. The molecule has 0 fully saturated rings. The van der Waals surface area contributed by atoms with Gasteiger partial charge in [0.2, 0.25) is 5.91 Å². The van der Waals surface area contributed by atoms with E-state index in [1.165, 1.54) is 11.8 Å². The predicted octanol–water partition coefficient (Wildman–Crippen LogP) is 4.88. The van der Waals surface area contributed by atoms with E-state index in [0.29, 0.717) is 5.75 Å². The van der Waals surface area contributed by atoms with Crippen LogP contribution in [0, 0.1) is 6.92 Å². The van der Waals surface area contributed by atoms with Gasteiger partial charge in [0.05, 0.1) is 27.2 Å². The highest BCUT2D eigenvalue weighted by molar-refractivity contribution is 8.01. The Labute approximate surface area is 153 Å². The van der Waals surface area contributed by atoms with Crippen molar-refractivity contribution in [2.45, 2.75) is 11.3 Å². The zero-order valence-corrected chi connectivity index (χ0v) is 15.2. The Morgan fingerprint density at radius 1 is 1.04 bits per heavy atom. The summed E-state index contributed by atoms with van der Waals surface area (Å²) in [6.07, 6.45) is 0. The molecule has 1 amide bonds. The van der Waals surface area contributed by atoms with E-state index < -0.39 is 0 Å². The third-order valence-electron chi connectivity index (χ3n) is 3.75. The summed E-state index contributed by atoms with van der Waals surface area (Å²) in [6, 6.07) is 17.7. The maximum atomic E-state index is 12.3. The number of pyridine rings is 1. The summed E-state index contributed by atoms with van der Waals surface area (Å²) in [6.45, 7) is 1.96. The Bertz CT molecular complexity index is 1040. The van der Waals surface area contributed by atoms with Crippen LogP contribution in [0.4, 0.5) is 5.69 Å². The van der Waals surface area contributed by atoms with Gasteiger partial charge < -0.3 is 5.32 Å². The molecule has 0 radical (unpaired) electrons. The molecule has 0 bridgehead atoms. The van der Waals surface area contributed by atoms with E-state index in [0.717, 1.165) is 36.8 Å². The first kappa shape index (κ1) is 16.1. The van der Waals surface area contributed by atoms with Crippen molar-refractivity contribution >= 4 is 55.8 Å². The van der Waals surface area contributed by atoms with Gasteiger partial charge in [-0.15, -0.1) is 11.3 Å². The van der Waals surface area contributed by atoms with Gasteiger partial charge in [0.25, 0.3) is 0 Å². The average Bonchev–Trinajstić information content (AvgIpc) is 3.03. The van der Waals surface area contributed by atoms with E-state index in [9.17, 15) is 4.79 Å². The summed E-state index contributed by atoms with van der Waals surface area (Å²) < 4.78 is 2.05.